The summed E-state index contributed by atoms with van der Waals surface area (Å²) in [6, 6.07) is 11.6. The van der Waals surface area contributed by atoms with Gasteiger partial charge in [0, 0.05) is 25.2 Å². The molecule has 9 nitrogen and oxygen atoms in total. The maximum absolute atomic E-state index is 14.1. The van der Waals surface area contributed by atoms with Crippen LogP contribution in [0.4, 0.5) is 4.79 Å². The number of halogens is 1. The van der Waals surface area contributed by atoms with E-state index in [1.54, 1.807) is 19.1 Å². The van der Waals surface area contributed by atoms with Crippen LogP contribution in [0.15, 0.2) is 42.2 Å². The molecule has 0 saturated carbocycles. The molecule has 10 heteroatoms. The summed E-state index contributed by atoms with van der Waals surface area (Å²) in [4.78, 5) is 38.0. The second kappa shape index (κ2) is 11.8. The quantitative estimate of drug-likeness (QED) is 0.328. The molecule has 0 aromatic heterocycles. The number of benzene rings is 2. The van der Waals surface area contributed by atoms with Crippen LogP contribution in [-0.2, 0) is 28.7 Å². The Bertz CT molecular complexity index is 1200. The first-order valence-corrected chi connectivity index (χ1v) is 12.9. The standard InChI is InChI=1S/C28H33ClN2O7/c1-6-36-27(33)38-25-24(23-18(2)15-21(16-19(23)3)20-7-9-22(29)10-8-20)26(32)31(37-17-34-4)28(25)11-13-30(35-5)14-12-28/h7-10,15-16H,6,11-14,17H2,1-5H3. The van der Waals surface area contributed by atoms with Gasteiger partial charge in [0.1, 0.15) is 5.54 Å². The van der Waals surface area contributed by atoms with E-state index < -0.39 is 17.6 Å². The van der Waals surface area contributed by atoms with E-state index in [1.807, 2.05) is 50.2 Å². The van der Waals surface area contributed by atoms with Crippen molar-refractivity contribution in [1.82, 2.24) is 10.1 Å². The normalized spacial score (nSPS) is 17.4. The number of carbonyl (C=O) groups excluding carboxylic acids is 2. The molecule has 204 valence electrons. The first-order chi connectivity index (χ1) is 18.2. The van der Waals surface area contributed by atoms with E-state index in [2.05, 4.69) is 0 Å². The first-order valence-electron chi connectivity index (χ1n) is 12.5. The van der Waals surface area contributed by atoms with Gasteiger partial charge in [-0.3, -0.25) is 4.79 Å². The van der Waals surface area contributed by atoms with E-state index in [0.29, 0.717) is 36.5 Å². The smallest absolute Gasteiger partial charge is 0.434 e. The molecule has 2 aromatic carbocycles. The molecule has 0 radical (unpaired) electrons. The van der Waals surface area contributed by atoms with Gasteiger partial charge in [-0.2, -0.15) is 5.06 Å². The average Bonchev–Trinajstić information content (AvgIpc) is 3.10. The molecule has 0 bridgehead atoms. The van der Waals surface area contributed by atoms with E-state index in [9.17, 15) is 9.59 Å². The fourth-order valence-corrected chi connectivity index (χ4v) is 5.36. The van der Waals surface area contributed by atoms with Crippen LogP contribution >= 0.6 is 11.6 Å². The maximum Gasteiger partial charge on any atom is 0.513 e. The van der Waals surface area contributed by atoms with Crippen molar-refractivity contribution in [3.05, 3.63) is 63.9 Å². The van der Waals surface area contributed by atoms with Crippen molar-refractivity contribution in [2.24, 2.45) is 0 Å². The molecular formula is C28H33ClN2O7. The Morgan fingerprint density at radius 1 is 1.03 bits per heavy atom. The zero-order valence-corrected chi connectivity index (χ0v) is 23.1. The average molecular weight is 545 g/mol. The minimum Gasteiger partial charge on any atom is -0.434 e. The molecule has 2 aromatic rings. The van der Waals surface area contributed by atoms with Gasteiger partial charge in [-0.15, -0.1) is 0 Å². The second-order valence-electron chi connectivity index (χ2n) is 9.26. The van der Waals surface area contributed by atoms with Gasteiger partial charge in [0.2, 0.25) is 0 Å². The van der Waals surface area contributed by atoms with E-state index in [4.69, 9.17) is 35.5 Å². The maximum atomic E-state index is 14.1. The van der Waals surface area contributed by atoms with Crippen LogP contribution in [0.3, 0.4) is 0 Å². The lowest BCUT2D eigenvalue weighted by molar-refractivity contribution is -0.260. The lowest BCUT2D eigenvalue weighted by atomic mass is 9.84. The number of aryl methyl sites for hydroxylation is 2. The zero-order valence-electron chi connectivity index (χ0n) is 22.3. The third-order valence-electron chi connectivity index (χ3n) is 6.95. The van der Waals surface area contributed by atoms with Crippen LogP contribution in [0.5, 0.6) is 0 Å². The predicted octanol–water partition coefficient (Wildman–Crippen LogP) is 5.28. The molecule has 0 unspecified atom stereocenters. The Kier molecular flexibility index (Phi) is 8.74. The Morgan fingerprint density at radius 3 is 2.21 bits per heavy atom. The minimum absolute atomic E-state index is 0.136. The summed E-state index contributed by atoms with van der Waals surface area (Å²) in [7, 11) is 3.08. The molecule has 0 aliphatic carbocycles. The Balaban J connectivity index is 1.88. The van der Waals surface area contributed by atoms with Crippen molar-refractivity contribution in [3.63, 3.8) is 0 Å². The van der Waals surface area contributed by atoms with Crippen LogP contribution < -0.4 is 0 Å². The molecule has 1 amide bonds. The highest BCUT2D eigenvalue weighted by Crippen LogP contribution is 2.48. The van der Waals surface area contributed by atoms with Gasteiger partial charge in [0.15, 0.2) is 12.6 Å². The fourth-order valence-electron chi connectivity index (χ4n) is 5.24. The van der Waals surface area contributed by atoms with Gasteiger partial charge in [-0.05, 0) is 73.6 Å². The number of carbonyl (C=O) groups is 2. The number of ether oxygens (including phenoxy) is 3. The second-order valence-corrected chi connectivity index (χ2v) is 9.70. The predicted molar refractivity (Wildman–Crippen MR) is 142 cm³/mol. The fraction of sp³-hybridized carbons (Fsp3) is 0.429. The summed E-state index contributed by atoms with van der Waals surface area (Å²) in [5.41, 5.74) is 3.59. The van der Waals surface area contributed by atoms with Gasteiger partial charge in [-0.1, -0.05) is 35.9 Å². The van der Waals surface area contributed by atoms with Crippen molar-refractivity contribution < 1.29 is 33.5 Å². The Labute approximate surface area is 227 Å². The van der Waals surface area contributed by atoms with Crippen molar-refractivity contribution >= 4 is 29.2 Å². The SMILES string of the molecule is CCOC(=O)OC1=C(c2c(C)cc(-c3ccc(Cl)cc3)cc2C)C(=O)N(OCOC)C12CCN(OC)CC2. The Hall–Kier alpha value is -2.95. The number of rotatable bonds is 8. The first kappa shape index (κ1) is 28.1. The molecule has 1 fully saturated rings. The summed E-state index contributed by atoms with van der Waals surface area (Å²) >= 11 is 6.08. The lowest BCUT2D eigenvalue weighted by Gasteiger charge is -2.43. The van der Waals surface area contributed by atoms with Crippen LogP contribution in [-0.4, -0.2) is 68.4 Å². The van der Waals surface area contributed by atoms with Crippen molar-refractivity contribution in [2.45, 2.75) is 39.2 Å². The highest BCUT2D eigenvalue weighted by atomic mass is 35.5. The minimum atomic E-state index is -1.04. The largest absolute Gasteiger partial charge is 0.513 e. The summed E-state index contributed by atoms with van der Waals surface area (Å²) in [5.74, 6) is -0.184. The van der Waals surface area contributed by atoms with Gasteiger partial charge in [0.25, 0.3) is 5.91 Å². The van der Waals surface area contributed by atoms with E-state index >= 15 is 0 Å². The number of piperidine rings is 1. The van der Waals surface area contributed by atoms with E-state index in [1.165, 1.54) is 12.2 Å². The zero-order chi connectivity index (χ0) is 27.4. The molecular weight excluding hydrogens is 512 g/mol. The number of hydrogen-bond acceptors (Lipinski definition) is 8. The third kappa shape index (κ3) is 5.30. The molecule has 1 saturated heterocycles. The number of hydroxylamine groups is 4. The van der Waals surface area contributed by atoms with E-state index in [0.717, 1.165) is 22.3 Å². The van der Waals surface area contributed by atoms with Crippen molar-refractivity contribution in [3.8, 4) is 11.1 Å². The van der Waals surface area contributed by atoms with Crippen molar-refractivity contribution in [2.75, 3.05) is 40.7 Å². The van der Waals surface area contributed by atoms with Gasteiger partial charge in [0.05, 0.1) is 19.3 Å². The monoisotopic (exact) mass is 544 g/mol. The van der Waals surface area contributed by atoms with Gasteiger partial charge < -0.3 is 19.0 Å². The summed E-state index contributed by atoms with van der Waals surface area (Å²) < 4.78 is 16.1. The van der Waals surface area contributed by atoms with E-state index in [-0.39, 0.29) is 24.7 Å². The highest BCUT2D eigenvalue weighted by molar-refractivity contribution is 6.30. The number of methoxy groups -OCH3 is 1. The Morgan fingerprint density at radius 2 is 1.66 bits per heavy atom. The van der Waals surface area contributed by atoms with Crippen LogP contribution in [0.2, 0.25) is 5.02 Å². The molecule has 0 N–H and O–H groups in total. The lowest BCUT2D eigenvalue weighted by Crippen LogP contribution is -2.55. The molecule has 2 aliphatic rings. The molecule has 2 aliphatic heterocycles. The third-order valence-corrected chi connectivity index (χ3v) is 7.20. The topological polar surface area (TPSA) is 86.8 Å². The molecule has 2 heterocycles. The van der Waals surface area contributed by atoms with Crippen molar-refractivity contribution in [1.29, 1.82) is 0 Å². The van der Waals surface area contributed by atoms with Crippen LogP contribution in [0.1, 0.15) is 36.5 Å². The summed E-state index contributed by atoms with van der Waals surface area (Å²) in [6.45, 7) is 6.54. The van der Waals surface area contributed by atoms with Gasteiger partial charge in [-0.25, -0.2) is 14.7 Å². The molecule has 1 spiro atoms. The number of hydrogen-bond donors (Lipinski definition) is 0. The van der Waals surface area contributed by atoms with Gasteiger partial charge >= 0.3 is 6.16 Å². The summed E-state index contributed by atoms with van der Waals surface area (Å²) in [5, 5.41) is 3.75. The number of nitrogens with zero attached hydrogens (tertiary/aromatic N) is 2. The highest BCUT2D eigenvalue weighted by Gasteiger charge is 2.57. The molecule has 0 atom stereocenters. The molecule has 38 heavy (non-hydrogen) atoms. The van der Waals surface area contributed by atoms with Crippen LogP contribution in [0.25, 0.3) is 16.7 Å². The summed E-state index contributed by atoms with van der Waals surface area (Å²) in [6.07, 6.45) is -0.0478. The molecule has 4 rings (SSSR count). The number of amides is 1. The van der Waals surface area contributed by atoms with Crippen LogP contribution in [0, 0.1) is 13.8 Å².